The number of hydrogen-bond acceptors (Lipinski definition) is 4. The molecule has 1 aromatic heterocycles. The second kappa shape index (κ2) is 8.48. The van der Waals surface area contributed by atoms with E-state index in [0.29, 0.717) is 16.4 Å². The van der Waals surface area contributed by atoms with Gasteiger partial charge >= 0.3 is 5.63 Å². The highest BCUT2D eigenvalue weighted by molar-refractivity contribution is 6.32. The summed E-state index contributed by atoms with van der Waals surface area (Å²) in [5, 5.41) is 4.05. The minimum Gasteiger partial charge on any atom is -0.482 e. The Morgan fingerprint density at radius 2 is 1.89 bits per heavy atom. The predicted molar refractivity (Wildman–Crippen MR) is 110 cm³/mol. The van der Waals surface area contributed by atoms with Crippen molar-refractivity contribution in [2.45, 2.75) is 33.2 Å². The highest BCUT2D eigenvalue weighted by atomic mass is 35.5. The fraction of sp³-hybridized carbons (Fsp3) is 0.273. The lowest BCUT2D eigenvalue weighted by molar-refractivity contribution is -0.123. The molecule has 3 rings (SSSR count). The molecule has 0 saturated heterocycles. The zero-order valence-corrected chi connectivity index (χ0v) is 16.8. The van der Waals surface area contributed by atoms with E-state index in [0.717, 1.165) is 22.9 Å². The number of fused-ring (bicyclic) bond motifs is 1. The molecule has 0 spiro atoms. The third kappa shape index (κ3) is 4.54. The van der Waals surface area contributed by atoms with Crippen molar-refractivity contribution in [1.29, 1.82) is 0 Å². The van der Waals surface area contributed by atoms with Gasteiger partial charge in [-0.25, -0.2) is 4.79 Å². The Bertz CT molecular complexity index is 1060. The number of carbonyl (C=O) groups is 1. The van der Waals surface area contributed by atoms with Crippen LogP contribution in [0.2, 0.25) is 5.02 Å². The smallest absolute Gasteiger partial charge is 0.336 e. The molecule has 146 valence electrons. The molecule has 2 aromatic carbocycles. The van der Waals surface area contributed by atoms with E-state index >= 15 is 0 Å². The van der Waals surface area contributed by atoms with E-state index in [1.165, 1.54) is 17.7 Å². The standard InChI is InChI=1S/C22H22ClNO4/c1-4-18(15-7-5-13(2)6-8-15)24-21(25)12-27-20-11-19-16(10-17(20)23)14(3)9-22(26)28-19/h5-11,18H,4,12H2,1-3H3,(H,24,25)/t18-/m1/s1. The average molecular weight is 400 g/mol. The SMILES string of the molecule is CC[C@@H](NC(=O)COc1cc2oc(=O)cc(C)c2cc1Cl)c1ccc(C)cc1. The number of benzene rings is 2. The van der Waals surface area contributed by atoms with Crippen molar-refractivity contribution in [1.82, 2.24) is 5.32 Å². The summed E-state index contributed by atoms with van der Waals surface area (Å²) in [6.07, 6.45) is 0.760. The number of ether oxygens (including phenoxy) is 1. The van der Waals surface area contributed by atoms with Gasteiger partial charge in [0.1, 0.15) is 11.3 Å². The Morgan fingerprint density at radius 1 is 1.18 bits per heavy atom. The highest BCUT2D eigenvalue weighted by Crippen LogP contribution is 2.31. The van der Waals surface area contributed by atoms with Gasteiger partial charge in [-0.05, 0) is 37.5 Å². The Balaban J connectivity index is 1.70. The van der Waals surface area contributed by atoms with E-state index in [1.807, 2.05) is 38.1 Å². The largest absolute Gasteiger partial charge is 0.482 e. The molecule has 3 aromatic rings. The molecule has 0 radical (unpaired) electrons. The van der Waals surface area contributed by atoms with E-state index < -0.39 is 5.63 Å². The maximum atomic E-state index is 12.4. The number of halogens is 1. The number of amides is 1. The topological polar surface area (TPSA) is 68.5 Å². The molecule has 0 aliphatic rings. The second-order valence-electron chi connectivity index (χ2n) is 6.75. The fourth-order valence-corrected chi connectivity index (χ4v) is 3.25. The lowest BCUT2D eigenvalue weighted by Gasteiger charge is -2.18. The molecule has 0 bridgehead atoms. The third-order valence-corrected chi connectivity index (χ3v) is 4.88. The zero-order chi connectivity index (χ0) is 20.3. The van der Waals surface area contributed by atoms with Crippen LogP contribution in [0, 0.1) is 13.8 Å². The van der Waals surface area contributed by atoms with Crippen LogP contribution in [-0.4, -0.2) is 12.5 Å². The summed E-state index contributed by atoms with van der Waals surface area (Å²) in [4.78, 5) is 23.9. The first-order valence-electron chi connectivity index (χ1n) is 9.10. The number of nitrogens with one attached hydrogen (secondary N) is 1. The van der Waals surface area contributed by atoms with Crippen LogP contribution in [0.3, 0.4) is 0 Å². The van der Waals surface area contributed by atoms with E-state index in [4.69, 9.17) is 20.8 Å². The summed E-state index contributed by atoms with van der Waals surface area (Å²) in [5.41, 5.74) is 2.90. The molecule has 1 amide bonds. The van der Waals surface area contributed by atoms with Gasteiger partial charge in [-0.3, -0.25) is 4.79 Å². The molecule has 0 saturated carbocycles. The Kier molecular flexibility index (Phi) is 6.05. The van der Waals surface area contributed by atoms with Crippen LogP contribution in [0.1, 0.15) is 36.1 Å². The summed E-state index contributed by atoms with van der Waals surface area (Å²) < 4.78 is 10.8. The summed E-state index contributed by atoms with van der Waals surface area (Å²) in [6.45, 7) is 5.65. The van der Waals surface area contributed by atoms with Crippen LogP contribution < -0.4 is 15.7 Å². The third-order valence-electron chi connectivity index (χ3n) is 4.59. The van der Waals surface area contributed by atoms with Crippen molar-refractivity contribution in [3.63, 3.8) is 0 Å². The van der Waals surface area contributed by atoms with Gasteiger partial charge in [-0.2, -0.15) is 0 Å². The van der Waals surface area contributed by atoms with E-state index in [9.17, 15) is 9.59 Å². The molecule has 0 fully saturated rings. The van der Waals surface area contributed by atoms with Gasteiger partial charge in [0.25, 0.3) is 5.91 Å². The van der Waals surface area contributed by atoms with Crippen molar-refractivity contribution >= 4 is 28.5 Å². The van der Waals surface area contributed by atoms with Gasteiger partial charge < -0.3 is 14.5 Å². The zero-order valence-electron chi connectivity index (χ0n) is 16.0. The van der Waals surface area contributed by atoms with Gasteiger partial charge in [0.05, 0.1) is 11.1 Å². The van der Waals surface area contributed by atoms with E-state index in [2.05, 4.69) is 5.32 Å². The molecule has 0 unspecified atom stereocenters. The van der Waals surface area contributed by atoms with Crippen LogP contribution in [0.5, 0.6) is 5.75 Å². The van der Waals surface area contributed by atoms with Crippen LogP contribution in [0.15, 0.2) is 51.7 Å². The Hall–Kier alpha value is -2.79. The lowest BCUT2D eigenvalue weighted by atomic mass is 10.0. The van der Waals surface area contributed by atoms with Crippen molar-refractivity contribution in [2.75, 3.05) is 6.61 Å². The lowest BCUT2D eigenvalue weighted by Crippen LogP contribution is -2.32. The molecular weight excluding hydrogens is 378 g/mol. The van der Waals surface area contributed by atoms with E-state index in [1.54, 1.807) is 13.0 Å². The number of hydrogen-bond donors (Lipinski definition) is 1. The molecule has 0 aliphatic carbocycles. The highest BCUT2D eigenvalue weighted by Gasteiger charge is 2.15. The van der Waals surface area contributed by atoms with Gasteiger partial charge in [0.2, 0.25) is 0 Å². The summed E-state index contributed by atoms with van der Waals surface area (Å²) in [6, 6.07) is 12.6. The van der Waals surface area contributed by atoms with Crippen LogP contribution >= 0.6 is 11.6 Å². The molecule has 1 N–H and O–H groups in total. The monoisotopic (exact) mass is 399 g/mol. The molecule has 1 atom stereocenters. The molecule has 5 nitrogen and oxygen atoms in total. The van der Waals surface area contributed by atoms with Crippen molar-refractivity contribution in [3.05, 3.63) is 74.6 Å². The first kappa shape index (κ1) is 20.0. The summed E-state index contributed by atoms with van der Waals surface area (Å²) in [5.74, 6) is 0.0377. The van der Waals surface area contributed by atoms with Crippen molar-refractivity contribution < 1.29 is 13.9 Å². The Labute approximate surface area is 168 Å². The quantitative estimate of drug-likeness (QED) is 0.609. The van der Waals surface area contributed by atoms with Gasteiger partial charge in [0.15, 0.2) is 6.61 Å². The first-order valence-corrected chi connectivity index (χ1v) is 9.48. The molecule has 0 aliphatic heterocycles. The molecule has 28 heavy (non-hydrogen) atoms. The minimum atomic E-state index is -0.445. The van der Waals surface area contributed by atoms with E-state index in [-0.39, 0.29) is 18.6 Å². The molecule has 6 heteroatoms. The number of carbonyl (C=O) groups excluding carboxylic acids is 1. The van der Waals surface area contributed by atoms with Crippen molar-refractivity contribution in [2.24, 2.45) is 0 Å². The number of rotatable bonds is 6. The predicted octanol–water partition coefficient (Wildman–Crippen LogP) is 4.71. The minimum absolute atomic E-state index is 0.0931. The first-order chi connectivity index (χ1) is 13.4. The van der Waals surface area contributed by atoms with Crippen LogP contribution in [0.25, 0.3) is 11.0 Å². The van der Waals surface area contributed by atoms with Gasteiger partial charge in [-0.15, -0.1) is 0 Å². The van der Waals surface area contributed by atoms with Crippen molar-refractivity contribution in [3.8, 4) is 5.75 Å². The Morgan fingerprint density at radius 3 is 2.57 bits per heavy atom. The molecule has 1 heterocycles. The molecular formula is C22H22ClNO4. The maximum Gasteiger partial charge on any atom is 0.336 e. The van der Waals surface area contributed by atoms with Gasteiger partial charge in [-0.1, -0.05) is 48.4 Å². The van der Waals surface area contributed by atoms with Crippen LogP contribution in [-0.2, 0) is 4.79 Å². The van der Waals surface area contributed by atoms with Crippen LogP contribution in [0.4, 0.5) is 0 Å². The average Bonchev–Trinajstić information content (AvgIpc) is 2.66. The fourth-order valence-electron chi connectivity index (χ4n) is 3.03. The number of aryl methyl sites for hydroxylation is 2. The normalized spacial score (nSPS) is 12.0. The maximum absolute atomic E-state index is 12.4. The second-order valence-corrected chi connectivity index (χ2v) is 7.16. The summed E-state index contributed by atoms with van der Waals surface area (Å²) >= 11 is 6.27. The summed E-state index contributed by atoms with van der Waals surface area (Å²) in [7, 11) is 0. The van der Waals surface area contributed by atoms with Gasteiger partial charge in [0, 0.05) is 17.5 Å².